The van der Waals surface area contributed by atoms with Crippen molar-refractivity contribution in [1.82, 2.24) is 4.31 Å². The minimum Gasteiger partial charge on any atom is -0.480 e. The van der Waals surface area contributed by atoms with Crippen molar-refractivity contribution >= 4 is 21.7 Å². The first-order chi connectivity index (χ1) is 9.34. The van der Waals surface area contributed by atoms with Crippen molar-refractivity contribution in [3.63, 3.8) is 0 Å². The molecule has 0 aliphatic carbocycles. The van der Waals surface area contributed by atoms with E-state index in [0.717, 1.165) is 10.4 Å². The lowest BCUT2D eigenvalue weighted by molar-refractivity contribution is -0.385. The molecule has 0 spiro atoms. The molecule has 1 heterocycles. The first-order valence-corrected chi connectivity index (χ1v) is 7.27. The van der Waals surface area contributed by atoms with Gasteiger partial charge < -0.3 is 5.11 Å². The van der Waals surface area contributed by atoms with Crippen LogP contribution in [0.5, 0.6) is 0 Å². The Kier molecular flexibility index (Phi) is 3.73. The number of sulfonamides is 1. The number of nitrogens with zero attached hydrogens (tertiary/aromatic N) is 2. The lowest BCUT2D eigenvalue weighted by Gasteiger charge is -2.20. The molecule has 1 N–H and O–H groups in total. The molecule has 1 aromatic carbocycles. The Morgan fingerprint density at radius 1 is 1.45 bits per heavy atom. The van der Waals surface area contributed by atoms with Crippen LogP contribution in [-0.4, -0.2) is 41.3 Å². The summed E-state index contributed by atoms with van der Waals surface area (Å²) in [7, 11) is -4.04. The predicted octanol–water partition coefficient (Wildman–Crippen LogP) is 0.833. The number of nitro groups is 1. The number of carboxylic acids is 1. The van der Waals surface area contributed by atoms with E-state index in [-0.39, 0.29) is 23.5 Å². The Morgan fingerprint density at radius 2 is 2.15 bits per heavy atom. The van der Waals surface area contributed by atoms with Gasteiger partial charge >= 0.3 is 5.97 Å². The standard InChI is InChI=1S/C11H12N2O6S/c14-11(15)10-5-2-6-12(10)20(18,19)9-4-1-3-8(7-9)13(16)17/h1,3-4,7,10H,2,5-6H2,(H,14,15). The first-order valence-electron chi connectivity index (χ1n) is 5.83. The number of hydrogen-bond acceptors (Lipinski definition) is 5. The first kappa shape index (κ1) is 14.4. The Labute approximate surface area is 114 Å². The molecule has 1 aromatic rings. The molecule has 8 nitrogen and oxygen atoms in total. The third-order valence-electron chi connectivity index (χ3n) is 3.12. The summed E-state index contributed by atoms with van der Waals surface area (Å²) in [6, 6.07) is 3.49. The maximum atomic E-state index is 12.4. The van der Waals surface area contributed by atoms with Gasteiger partial charge in [-0.2, -0.15) is 4.31 Å². The van der Waals surface area contributed by atoms with Crippen LogP contribution in [0.1, 0.15) is 12.8 Å². The zero-order valence-electron chi connectivity index (χ0n) is 10.3. The van der Waals surface area contributed by atoms with E-state index in [2.05, 4.69) is 0 Å². The highest BCUT2D eigenvalue weighted by Gasteiger charge is 2.39. The minimum atomic E-state index is -4.04. The predicted molar refractivity (Wildman–Crippen MR) is 67.6 cm³/mol. The summed E-state index contributed by atoms with van der Waals surface area (Å²) in [5, 5.41) is 19.7. The largest absolute Gasteiger partial charge is 0.480 e. The van der Waals surface area contributed by atoms with Crippen LogP contribution in [0.3, 0.4) is 0 Å². The van der Waals surface area contributed by atoms with Crippen LogP contribution in [0.15, 0.2) is 29.2 Å². The van der Waals surface area contributed by atoms with Gasteiger partial charge in [0.1, 0.15) is 6.04 Å². The quantitative estimate of drug-likeness (QED) is 0.650. The molecule has 2 rings (SSSR count). The van der Waals surface area contributed by atoms with Gasteiger partial charge in [0.15, 0.2) is 0 Å². The number of carboxylic acid groups (broad SMARTS) is 1. The molecule has 1 unspecified atom stereocenters. The Balaban J connectivity index is 2.42. The fraction of sp³-hybridized carbons (Fsp3) is 0.364. The van der Waals surface area contributed by atoms with E-state index < -0.39 is 27.0 Å². The minimum absolute atomic E-state index is 0.0992. The van der Waals surface area contributed by atoms with E-state index in [1.165, 1.54) is 18.2 Å². The van der Waals surface area contributed by atoms with Gasteiger partial charge in [0.2, 0.25) is 10.0 Å². The third kappa shape index (κ3) is 2.49. The van der Waals surface area contributed by atoms with Crippen LogP contribution < -0.4 is 0 Å². The van der Waals surface area contributed by atoms with Crippen molar-refractivity contribution in [1.29, 1.82) is 0 Å². The molecule has 1 aliphatic heterocycles. The Hall–Kier alpha value is -2.00. The number of nitro benzene ring substituents is 1. The molecule has 20 heavy (non-hydrogen) atoms. The smallest absolute Gasteiger partial charge is 0.322 e. The van der Waals surface area contributed by atoms with Gasteiger partial charge in [0, 0.05) is 18.7 Å². The maximum Gasteiger partial charge on any atom is 0.322 e. The zero-order chi connectivity index (χ0) is 14.9. The molecule has 108 valence electrons. The molecule has 1 fully saturated rings. The van der Waals surface area contributed by atoms with Gasteiger partial charge in [-0.15, -0.1) is 0 Å². The molecule has 0 bridgehead atoms. The number of benzene rings is 1. The Morgan fingerprint density at radius 3 is 2.75 bits per heavy atom. The topological polar surface area (TPSA) is 118 Å². The van der Waals surface area contributed by atoms with Crippen LogP contribution in [0.25, 0.3) is 0 Å². The lowest BCUT2D eigenvalue weighted by Crippen LogP contribution is -2.40. The van der Waals surface area contributed by atoms with E-state index in [0.29, 0.717) is 6.42 Å². The van der Waals surface area contributed by atoms with Crippen molar-refractivity contribution in [2.45, 2.75) is 23.8 Å². The van der Waals surface area contributed by atoms with Crippen molar-refractivity contribution < 1.29 is 23.2 Å². The van der Waals surface area contributed by atoms with Gasteiger partial charge in [-0.3, -0.25) is 14.9 Å². The highest BCUT2D eigenvalue weighted by Crippen LogP contribution is 2.27. The van der Waals surface area contributed by atoms with E-state index in [9.17, 15) is 23.3 Å². The van der Waals surface area contributed by atoms with E-state index >= 15 is 0 Å². The number of rotatable bonds is 4. The van der Waals surface area contributed by atoms with E-state index in [1.54, 1.807) is 0 Å². The second kappa shape index (κ2) is 5.17. The monoisotopic (exact) mass is 300 g/mol. The second-order valence-corrected chi connectivity index (χ2v) is 6.26. The van der Waals surface area contributed by atoms with Crippen LogP contribution in [0, 0.1) is 10.1 Å². The molecule has 9 heteroatoms. The summed E-state index contributed by atoms with van der Waals surface area (Å²) in [4.78, 5) is 20.8. The number of carbonyl (C=O) groups is 1. The van der Waals surface area contributed by atoms with Gasteiger partial charge in [-0.05, 0) is 18.9 Å². The fourth-order valence-corrected chi connectivity index (χ4v) is 3.86. The van der Waals surface area contributed by atoms with Crippen LogP contribution in [-0.2, 0) is 14.8 Å². The van der Waals surface area contributed by atoms with Gasteiger partial charge in [-0.1, -0.05) is 6.07 Å². The molecule has 1 aliphatic rings. The molecule has 0 aromatic heterocycles. The van der Waals surface area contributed by atoms with E-state index in [4.69, 9.17) is 5.11 Å². The van der Waals surface area contributed by atoms with Gasteiger partial charge in [-0.25, -0.2) is 8.42 Å². The van der Waals surface area contributed by atoms with Gasteiger partial charge in [0.05, 0.1) is 9.82 Å². The van der Waals surface area contributed by atoms with Crippen LogP contribution in [0.4, 0.5) is 5.69 Å². The van der Waals surface area contributed by atoms with Gasteiger partial charge in [0.25, 0.3) is 5.69 Å². The Bertz CT molecular complexity index is 657. The fourth-order valence-electron chi connectivity index (χ4n) is 2.17. The molecule has 0 saturated carbocycles. The summed E-state index contributed by atoms with van der Waals surface area (Å²) in [5.41, 5.74) is -0.350. The highest BCUT2D eigenvalue weighted by atomic mass is 32.2. The number of aliphatic carboxylic acids is 1. The average molecular weight is 300 g/mol. The SMILES string of the molecule is O=C(O)C1CCCN1S(=O)(=O)c1cccc([N+](=O)[O-])c1. The van der Waals surface area contributed by atoms with Crippen LogP contribution >= 0.6 is 0 Å². The van der Waals surface area contributed by atoms with Crippen LogP contribution in [0.2, 0.25) is 0 Å². The number of non-ortho nitro benzene ring substituents is 1. The molecule has 0 radical (unpaired) electrons. The molecule has 1 saturated heterocycles. The van der Waals surface area contributed by atoms with Crippen molar-refractivity contribution in [2.24, 2.45) is 0 Å². The van der Waals surface area contributed by atoms with E-state index in [1.807, 2.05) is 0 Å². The third-order valence-corrected chi connectivity index (χ3v) is 5.03. The maximum absolute atomic E-state index is 12.4. The highest BCUT2D eigenvalue weighted by molar-refractivity contribution is 7.89. The normalized spacial score (nSPS) is 19.9. The van der Waals surface area contributed by atoms with Crippen molar-refractivity contribution in [3.8, 4) is 0 Å². The molecular weight excluding hydrogens is 288 g/mol. The number of hydrogen-bond donors (Lipinski definition) is 1. The van der Waals surface area contributed by atoms with Crippen molar-refractivity contribution in [3.05, 3.63) is 34.4 Å². The second-order valence-electron chi connectivity index (χ2n) is 4.37. The zero-order valence-corrected chi connectivity index (χ0v) is 11.1. The summed E-state index contributed by atoms with van der Waals surface area (Å²) in [6.07, 6.45) is 0.689. The lowest BCUT2D eigenvalue weighted by atomic mass is 10.2. The summed E-state index contributed by atoms with van der Waals surface area (Å²) < 4.78 is 25.6. The van der Waals surface area contributed by atoms with Crippen molar-refractivity contribution in [2.75, 3.05) is 6.54 Å². The average Bonchev–Trinajstić information content (AvgIpc) is 2.89. The summed E-state index contributed by atoms with van der Waals surface area (Å²) >= 11 is 0. The molecule has 1 atom stereocenters. The molecule has 0 amide bonds. The summed E-state index contributed by atoms with van der Waals surface area (Å²) in [5.74, 6) is -1.21. The summed E-state index contributed by atoms with van der Waals surface area (Å²) in [6.45, 7) is 0.0992. The molecular formula is C11H12N2O6S.